The molecule has 1 aromatic heterocycles. The van der Waals surface area contributed by atoms with Gasteiger partial charge in [0, 0.05) is 63.0 Å². The van der Waals surface area contributed by atoms with Gasteiger partial charge in [-0.3, -0.25) is 19.5 Å². The molecule has 3 fully saturated rings. The van der Waals surface area contributed by atoms with E-state index in [0.29, 0.717) is 17.4 Å². The van der Waals surface area contributed by atoms with Crippen molar-refractivity contribution in [2.45, 2.75) is 38.5 Å². The molecule has 3 heterocycles. The number of nitrogens with one attached hydrogen (secondary N) is 1. The summed E-state index contributed by atoms with van der Waals surface area (Å²) in [5, 5.41) is 2.98. The molecule has 0 unspecified atom stereocenters. The van der Waals surface area contributed by atoms with Gasteiger partial charge in [0.05, 0.1) is 18.8 Å². The van der Waals surface area contributed by atoms with E-state index < -0.39 is 0 Å². The van der Waals surface area contributed by atoms with Crippen LogP contribution in [0.4, 0.5) is 0 Å². The maximum atomic E-state index is 12.9. The molecular weight excluding hydrogens is 380 g/mol. The summed E-state index contributed by atoms with van der Waals surface area (Å²) in [6.07, 6.45) is 6.00. The first-order valence-electron chi connectivity index (χ1n) is 11.4. The van der Waals surface area contributed by atoms with Crippen molar-refractivity contribution < 1.29 is 14.3 Å². The first kappa shape index (κ1) is 21.2. The molecular formula is C23H34N4O3. The van der Waals surface area contributed by atoms with Crippen LogP contribution in [-0.2, 0) is 9.53 Å². The summed E-state index contributed by atoms with van der Waals surface area (Å²) in [6, 6.07) is 3.86. The summed E-state index contributed by atoms with van der Waals surface area (Å²) in [4.78, 5) is 33.9. The lowest BCUT2D eigenvalue weighted by Crippen LogP contribution is -2.46. The van der Waals surface area contributed by atoms with Crippen LogP contribution in [0.1, 0.15) is 54.6 Å². The van der Waals surface area contributed by atoms with Gasteiger partial charge in [0.25, 0.3) is 5.91 Å². The van der Waals surface area contributed by atoms with Gasteiger partial charge in [-0.25, -0.2) is 0 Å². The number of aromatic nitrogens is 1. The Labute approximate surface area is 179 Å². The normalized spacial score (nSPS) is 22.0. The Bertz CT molecular complexity index is 720. The van der Waals surface area contributed by atoms with E-state index in [1.54, 1.807) is 6.20 Å². The van der Waals surface area contributed by atoms with Crippen LogP contribution in [0.15, 0.2) is 18.3 Å². The molecule has 1 aromatic rings. The molecule has 3 aliphatic rings. The van der Waals surface area contributed by atoms with Gasteiger partial charge >= 0.3 is 0 Å². The molecule has 1 saturated carbocycles. The molecule has 1 N–H and O–H groups in total. The first-order valence-corrected chi connectivity index (χ1v) is 11.4. The molecule has 30 heavy (non-hydrogen) atoms. The quantitative estimate of drug-likeness (QED) is 0.738. The Morgan fingerprint density at radius 1 is 1.13 bits per heavy atom. The third-order valence-electron chi connectivity index (χ3n) is 6.58. The van der Waals surface area contributed by atoms with Gasteiger partial charge < -0.3 is 15.0 Å². The van der Waals surface area contributed by atoms with E-state index >= 15 is 0 Å². The Morgan fingerprint density at radius 2 is 1.87 bits per heavy atom. The standard InChI is InChI=1S/C23H34N4O3/c1-17(16-26-10-12-30-13-11-26)23(29)27-8-6-19(7-9-27)21-5-4-20(15-24-21)22(28)25-14-18-2-3-18/h4-5,15,17-19H,2-3,6-14,16H2,1H3,(H,25,28)/t17-/m0/s1. The van der Waals surface area contributed by atoms with Crippen molar-refractivity contribution in [1.29, 1.82) is 0 Å². The number of carbonyl (C=O) groups is 2. The highest BCUT2D eigenvalue weighted by molar-refractivity contribution is 5.93. The smallest absolute Gasteiger partial charge is 0.252 e. The van der Waals surface area contributed by atoms with Crippen molar-refractivity contribution in [3.8, 4) is 0 Å². The van der Waals surface area contributed by atoms with E-state index in [9.17, 15) is 9.59 Å². The van der Waals surface area contributed by atoms with Crippen LogP contribution in [0.25, 0.3) is 0 Å². The number of hydrogen-bond donors (Lipinski definition) is 1. The predicted molar refractivity (Wildman–Crippen MR) is 114 cm³/mol. The summed E-state index contributed by atoms with van der Waals surface area (Å²) in [5.74, 6) is 1.27. The maximum absolute atomic E-state index is 12.9. The van der Waals surface area contributed by atoms with Crippen LogP contribution in [0, 0.1) is 11.8 Å². The average molecular weight is 415 g/mol. The van der Waals surface area contributed by atoms with Gasteiger partial charge in [0.15, 0.2) is 0 Å². The van der Waals surface area contributed by atoms with Crippen molar-refractivity contribution >= 4 is 11.8 Å². The monoisotopic (exact) mass is 414 g/mol. The van der Waals surface area contributed by atoms with Gasteiger partial charge in [0.2, 0.25) is 5.91 Å². The minimum Gasteiger partial charge on any atom is -0.379 e. The van der Waals surface area contributed by atoms with Crippen molar-refractivity contribution in [1.82, 2.24) is 20.1 Å². The largest absolute Gasteiger partial charge is 0.379 e. The van der Waals surface area contributed by atoms with Gasteiger partial charge in [-0.1, -0.05) is 6.92 Å². The fraction of sp³-hybridized carbons (Fsp3) is 0.696. The fourth-order valence-corrected chi connectivity index (χ4v) is 4.40. The summed E-state index contributed by atoms with van der Waals surface area (Å²) in [5.41, 5.74) is 1.66. The molecule has 2 amide bonds. The molecule has 1 atom stereocenters. The van der Waals surface area contributed by atoms with E-state index in [1.807, 2.05) is 24.0 Å². The highest BCUT2D eigenvalue weighted by Crippen LogP contribution is 2.28. The van der Waals surface area contributed by atoms with Crippen LogP contribution in [0.5, 0.6) is 0 Å². The molecule has 2 aliphatic heterocycles. The number of ether oxygens (including phenoxy) is 1. The highest BCUT2D eigenvalue weighted by Gasteiger charge is 2.28. The molecule has 1 aliphatic carbocycles. The molecule has 0 aromatic carbocycles. The van der Waals surface area contributed by atoms with E-state index in [-0.39, 0.29) is 17.7 Å². The van der Waals surface area contributed by atoms with Crippen molar-refractivity contribution in [2.24, 2.45) is 11.8 Å². The molecule has 2 saturated heterocycles. The number of pyridine rings is 1. The topological polar surface area (TPSA) is 74.8 Å². The number of rotatable bonds is 7. The van der Waals surface area contributed by atoms with Crippen molar-refractivity contribution in [2.75, 3.05) is 52.5 Å². The molecule has 7 heteroatoms. The third-order valence-corrected chi connectivity index (χ3v) is 6.58. The number of hydrogen-bond acceptors (Lipinski definition) is 5. The predicted octanol–water partition coefficient (Wildman–Crippen LogP) is 1.90. The SMILES string of the molecule is C[C@@H](CN1CCOCC1)C(=O)N1CCC(c2ccc(C(=O)NCC3CC3)cn2)CC1. The minimum absolute atomic E-state index is 0.0196. The number of likely N-dealkylation sites (tertiary alicyclic amines) is 1. The second-order valence-corrected chi connectivity index (χ2v) is 9.04. The maximum Gasteiger partial charge on any atom is 0.252 e. The lowest BCUT2D eigenvalue weighted by atomic mass is 9.92. The van der Waals surface area contributed by atoms with Crippen LogP contribution in [-0.4, -0.2) is 79.1 Å². The van der Waals surface area contributed by atoms with Crippen molar-refractivity contribution in [3.05, 3.63) is 29.6 Å². The number of nitrogens with zero attached hydrogens (tertiary/aromatic N) is 3. The highest BCUT2D eigenvalue weighted by atomic mass is 16.5. The summed E-state index contributed by atoms with van der Waals surface area (Å²) in [7, 11) is 0. The summed E-state index contributed by atoms with van der Waals surface area (Å²) in [6.45, 7) is 8.55. The van der Waals surface area contributed by atoms with Crippen LogP contribution in [0.2, 0.25) is 0 Å². The lowest BCUT2D eigenvalue weighted by molar-refractivity contribution is -0.137. The Morgan fingerprint density at radius 3 is 2.50 bits per heavy atom. The molecule has 4 rings (SSSR count). The average Bonchev–Trinajstić information content (AvgIpc) is 3.62. The molecule has 0 radical (unpaired) electrons. The molecule has 0 bridgehead atoms. The fourth-order valence-electron chi connectivity index (χ4n) is 4.40. The molecule has 0 spiro atoms. The zero-order chi connectivity index (χ0) is 20.9. The van der Waals surface area contributed by atoms with Gasteiger partial charge in [-0.2, -0.15) is 0 Å². The van der Waals surface area contributed by atoms with E-state index in [1.165, 1.54) is 12.8 Å². The van der Waals surface area contributed by atoms with E-state index in [0.717, 1.165) is 71.0 Å². The zero-order valence-corrected chi connectivity index (χ0v) is 18.0. The Balaban J connectivity index is 1.23. The Hall–Kier alpha value is -1.99. The number of carbonyl (C=O) groups excluding carboxylic acids is 2. The van der Waals surface area contributed by atoms with Crippen LogP contribution in [0.3, 0.4) is 0 Å². The summed E-state index contributed by atoms with van der Waals surface area (Å²) >= 11 is 0. The molecule has 7 nitrogen and oxygen atoms in total. The summed E-state index contributed by atoms with van der Waals surface area (Å²) < 4.78 is 5.39. The van der Waals surface area contributed by atoms with E-state index in [4.69, 9.17) is 4.74 Å². The lowest BCUT2D eigenvalue weighted by Gasteiger charge is -2.35. The number of morpholine rings is 1. The first-order chi connectivity index (χ1) is 14.6. The zero-order valence-electron chi connectivity index (χ0n) is 18.0. The van der Waals surface area contributed by atoms with Gasteiger partial charge in [-0.05, 0) is 43.7 Å². The number of piperidine rings is 1. The Kier molecular flexibility index (Phi) is 7.00. The second kappa shape index (κ2) is 9.88. The van der Waals surface area contributed by atoms with Crippen LogP contribution < -0.4 is 5.32 Å². The second-order valence-electron chi connectivity index (χ2n) is 9.04. The van der Waals surface area contributed by atoms with E-state index in [2.05, 4.69) is 15.2 Å². The van der Waals surface area contributed by atoms with Gasteiger partial charge in [0.1, 0.15) is 0 Å². The third kappa shape index (κ3) is 5.58. The molecule has 164 valence electrons. The van der Waals surface area contributed by atoms with Crippen LogP contribution >= 0.6 is 0 Å². The van der Waals surface area contributed by atoms with Gasteiger partial charge in [-0.15, -0.1) is 0 Å². The minimum atomic E-state index is -0.0318. The van der Waals surface area contributed by atoms with Crippen molar-refractivity contribution in [3.63, 3.8) is 0 Å². The number of amides is 2.